The number of aliphatic carboxylic acids is 1. The largest absolute Gasteiger partial charge is 0.479 e. The molecule has 100 valence electrons. The molecule has 1 aliphatic heterocycles. The lowest BCUT2D eigenvalue weighted by atomic mass is 9.92. The summed E-state index contributed by atoms with van der Waals surface area (Å²) in [7, 11) is 0. The van der Waals surface area contributed by atoms with Gasteiger partial charge in [-0.05, 0) is 53.4 Å². The molecule has 1 aliphatic rings. The van der Waals surface area contributed by atoms with Crippen LogP contribution in [0.15, 0.2) is 22.7 Å². The summed E-state index contributed by atoms with van der Waals surface area (Å²) >= 11 is 3.35. The van der Waals surface area contributed by atoms with Gasteiger partial charge < -0.3 is 10.0 Å². The van der Waals surface area contributed by atoms with Gasteiger partial charge >= 0.3 is 5.97 Å². The zero-order valence-corrected chi connectivity index (χ0v) is 12.3. The van der Waals surface area contributed by atoms with Gasteiger partial charge in [0.15, 0.2) is 0 Å². The van der Waals surface area contributed by atoms with Crippen molar-refractivity contribution in [3.05, 3.63) is 28.2 Å². The molecule has 1 heterocycles. The number of carbonyl (C=O) groups is 1. The molecule has 1 unspecified atom stereocenters. The van der Waals surface area contributed by atoms with Crippen molar-refractivity contribution in [2.75, 3.05) is 11.4 Å². The molecule has 1 saturated heterocycles. The Morgan fingerprint density at radius 3 is 2.89 bits per heavy atom. The highest BCUT2D eigenvalue weighted by molar-refractivity contribution is 9.10. The maximum atomic E-state index is 11.6. The van der Waals surface area contributed by atoms with Crippen molar-refractivity contribution in [1.82, 2.24) is 0 Å². The lowest BCUT2D eigenvalue weighted by Crippen LogP contribution is -2.50. The molecule has 1 atom stereocenters. The zero-order chi connectivity index (χ0) is 14.0. The lowest BCUT2D eigenvalue weighted by molar-refractivity contribution is -0.143. The summed E-state index contributed by atoms with van der Waals surface area (Å²) in [5.41, 5.74) is 0.598. The number of anilines is 1. The highest BCUT2D eigenvalue weighted by atomic mass is 79.9. The lowest BCUT2D eigenvalue weighted by Gasteiger charge is -2.35. The van der Waals surface area contributed by atoms with E-state index in [1.54, 1.807) is 6.07 Å². The van der Waals surface area contributed by atoms with Crippen molar-refractivity contribution >= 4 is 27.6 Å². The van der Waals surface area contributed by atoms with E-state index >= 15 is 0 Å². The van der Waals surface area contributed by atoms with E-state index in [1.165, 1.54) is 0 Å². The van der Waals surface area contributed by atoms with E-state index in [1.807, 2.05) is 24.0 Å². The third-order valence-electron chi connectivity index (χ3n) is 3.86. The zero-order valence-electron chi connectivity index (χ0n) is 10.7. The average molecular weight is 323 g/mol. The summed E-state index contributed by atoms with van der Waals surface area (Å²) in [6.45, 7) is 2.64. The van der Waals surface area contributed by atoms with Crippen molar-refractivity contribution in [3.8, 4) is 6.07 Å². The van der Waals surface area contributed by atoms with Crippen LogP contribution in [0.25, 0.3) is 0 Å². The SMILES string of the molecule is CCC1(C(=O)O)CCCN1c1ccc(C#N)c(Br)c1. The summed E-state index contributed by atoms with van der Waals surface area (Å²) in [5, 5.41) is 18.5. The molecule has 0 bridgehead atoms. The van der Waals surface area contributed by atoms with E-state index < -0.39 is 11.5 Å². The van der Waals surface area contributed by atoms with Crippen molar-refractivity contribution in [2.24, 2.45) is 0 Å². The standard InChI is InChI=1S/C14H15BrN2O2/c1-2-14(13(18)19)6-3-7-17(14)11-5-4-10(9-16)12(15)8-11/h4-5,8H,2-3,6-7H2,1H3,(H,18,19). The second kappa shape index (κ2) is 5.22. The van der Waals surface area contributed by atoms with E-state index in [-0.39, 0.29) is 0 Å². The Balaban J connectivity index is 2.43. The summed E-state index contributed by atoms with van der Waals surface area (Å²) < 4.78 is 0.704. The molecule has 0 radical (unpaired) electrons. The quantitative estimate of drug-likeness (QED) is 0.928. The molecule has 19 heavy (non-hydrogen) atoms. The van der Waals surface area contributed by atoms with Crippen LogP contribution < -0.4 is 4.90 Å². The van der Waals surface area contributed by atoms with E-state index in [4.69, 9.17) is 5.26 Å². The van der Waals surface area contributed by atoms with Crippen LogP contribution in [0.3, 0.4) is 0 Å². The predicted octanol–water partition coefficient (Wildman–Crippen LogP) is 3.15. The van der Waals surface area contributed by atoms with Crippen LogP contribution in [0, 0.1) is 11.3 Å². The summed E-state index contributed by atoms with van der Waals surface area (Å²) in [6, 6.07) is 7.46. The molecule has 0 spiro atoms. The van der Waals surface area contributed by atoms with Gasteiger partial charge in [0.2, 0.25) is 0 Å². The molecular weight excluding hydrogens is 308 g/mol. The number of hydrogen-bond acceptors (Lipinski definition) is 3. The number of nitrogens with zero attached hydrogens (tertiary/aromatic N) is 2. The molecule has 0 aromatic heterocycles. The summed E-state index contributed by atoms with van der Waals surface area (Å²) in [5.74, 6) is -0.770. The number of benzene rings is 1. The van der Waals surface area contributed by atoms with Gasteiger partial charge in [-0.1, -0.05) is 6.92 Å². The third kappa shape index (κ3) is 2.21. The van der Waals surface area contributed by atoms with Gasteiger partial charge in [0.25, 0.3) is 0 Å². The Labute approximate surface area is 120 Å². The third-order valence-corrected chi connectivity index (χ3v) is 4.51. The molecular formula is C14H15BrN2O2. The smallest absolute Gasteiger partial charge is 0.329 e. The Morgan fingerprint density at radius 2 is 2.37 bits per heavy atom. The van der Waals surface area contributed by atoms with Gasteiger partial charge in [-0.2, -0.15) is 5.26 Å². The fraction of sp³-hybridized carbons (Fsp3) is 0.429. The number of carboxylic acid groups (broad SMARTS) is 1. The van der Waals surface area contributed by atoms with Gasteiger partial charge in [-0.3, -0.25) is 0 Å². The molecule has 1 fully saturated rings. The maximum absolute atomic E-state index is 11.6. The van der Waals surface area contributed by atoms with E-state index in [2.05, 4.69) is 22.0 Å². The Hall–Kier alpha value is -1.54. The number of rotatable bonds is 3. The van der Waals surface area contributed by atoms with Crippen LogP contribution in [0.4, 0.5) is 5.69 Å². The second-order valence-electron chi connectivity index (χ2n) is 4.72. The molecule has 4 nitrogen and oxygen atoms in total. The topological polar surface area (TPSA) is 64.3 Å². The van der Waals surface area contributed by atoms with Crippen molar-refractivity contribution in [3.63, 3.8) is 0 Å². The van der Waals surface area contributed by atoms with E-state index in [0.29, 0.717) is 22.9 Å². The minimum absolute atomic E-state index is 0.556. The minimum atomic E-state index is -0.812. The first kappa shape index (κ1) is 13.9. The van der Waals surface area contributed by atoms with Crippen molar-refractivity contribution in [2.45, 2.75) is 31.7 Å². The molecule has 1 aromatic rings. The second-order valence-corrected chi connectivity index (χ2v) is 5.58. The highest BCUT2D eigenvalue weighted by Gasteiger charge is 2.46. The van der Waals surface area contributed by atoms with Crippen LogP contribution in [0.5, 0.6) is 0 Å². The molecule has 1 N–H and O–H groups in total. The summed E-state index contributed by atoms with van der Waals surface area (Å²) in [6.07, 6.45) is 2.11. The van der Waals surface area contributed by atoms with Crippen molar-refractivity contribution < 1.29 is 9.90 Å². The normalized spacial score (nSPS) is 22.3. The van der Waals surface area contributed by atoms with Gasteiger partial charge in [0, 0.05) is 16.7 Å². The molecule has 0 aliphatic carbocycles. The first-order valence-corrected chi connectivity index (χ1v) is 7.05. The van der Waals surface area contributed by atoms with Crippen LogP contribution in [-0.2, 0) is 4.79 Å². The van der Waals surface area contributed by atoms with Crippen molar-refractivity contribution in [1.29, 1.82) is 5.26 Å². The van der Waals surface area contributed by atoms with E-state index in [9.17, 15) is 9.90 Å². The van der Waals surface area contributed by atoms with E-state index in [0.717, 1.165) is 18.7 Å². The fourth-order valence-electron chi connectivity index (χ4n) is 2.76. The van der Waals surface area contributed by atoms with Gasteiger partial charge in [-0.15, -0.1) is 0 Å². The number of nitriles is 1. The van der Waals surface area contributed by atoms with Crippen LogP contribution in [-0.4, -0.2) is 23.2 Å². The Kier molecular flexibility index (Phi) is 3.81. The van der Waals surface area contributed by atoms with Crippen LogP contribution >= 0.6 is 15.9 Å². The molecule has 5 heteroatoms. The maximum Gasteiger partial charge on any atom is 0.329 e. The number of halogens is 1. The fourth-order valence-corrected chi connectivity index (χ4v) is 3.21. The number of carboxylic acids is 1. The monoisotopic (exact) mass is 322 g/mol. The first-order chi connectivity index (χ1) is 9.05. The highest BCUT2D eigenvalue weighted by Crippen LogP contribution is 2.38. The first-order valence-electron chi connectivity index (χ1n) is 6.26. The van der Waals surface area contributed by atoms with Gasteiger partial charge in [-0.25, -0.2) is 4.79 Å². The summed E-state index contributed by atoms with van der Waals surface area (Å²) in [4.78, 5) is 13.6. The predicted molar refractivity (Wildman–Crippen MR) is 76.1 cm³/mol. The molecule has 1 aromatic carbocycles. The molecule has 0 amide bonds. The van der Waals surface area contributed by atoms with Gasteiger partial charge in [0.1, 0.15) is 11.6 Å². The average Bonchev–Trinajstić information content (AvgIpc) is 2.83. The van der Waals surface area contributed by atoms with Crippen LogP contribution in [0.2, 0.25) is 0 Å². The van der Waals surface area contributed by atoms with Crippen LogP contribution in [0.1, 0.15) is 31.7 Å². The molecule has 2 rings (SSSR count). The number of hydrogen-bond donors (Lipinski definition) is 1. The Morgan fingerprint density at radius 1 is 1.63 bits per heavy atom. The van der Waals surface area contributed by atoms with Gasteiger partial charge in [0.05, 0.1) is 5.56 Å². The molecule has 0 saturated carbocycles. The minimum Gasteiger partial charge on any atom is -0.479 e. The Bertz CT molecular complexity index is 553.